The second-order valence-electron chi connectivity index (χ2n) is 6.77. The van der Waals surface area contributed by atoms with Gasteiger partial charge in [-0.2, -0.15) is 5.10 Å². The molecule has 0 atom stereocenters. The lowest BCUT2D eigenvalue weighted by atomic mass is 10.1. The highest BCUT2D eigenvalue weighted by Gasteiger charge is 2.24. The molecule has 0 bridgehead atoms. The molecule has 6 nitrogen and oxygen atoms in total. The largest absolute Gasteiger partial charge is 0.350 e. The molecule has 0 unspecified atom stereocenters. The number of nitrogens with zero attached hydrogens (tertiary/aromatic N) is 3. The molecule has 0 aliphatic carbocycles. The number of anilines is 1. The van der Waals surface area contributed by atoms with Crippen LogP contribution in [-0.2, 0) is 0 Å². The summed E-state index contributed by atoms with van der Waals surface area (Å²) in [5.74, 6) is -1.66. The average molecular weight is 416 g/mol. The van der Waals surface area contributed by atoms with E-state index < -0.39 is 11.6 Å². The summed E-state index contributed by atoms with van der Waals surface area (Å²) in [5, 5.41) is 10.2. The van der Waals surface area contributed by atoms with Crippen LogP contribution in [0.4, 0.5) is 20.3 Å². The predicted octanol–water partition coefficient (Wildman–Crippen LogP) is 4.45. The minimum atomic E-state index is -0.769. The molecule has 1 aromatic heterocycles. The second-order valence-corrected chi connectivity index (χ2v) is 7.18. The number of amidine groups is 1. The van der Waals surface area contributed by atoms with Gasteiger partial charge >= 0.3 is 0 Å². The molecule has 2 heterocycles. The molecule has 2 N–H and O–H groups in total. The van der Waals surface area contributed by atoms with Gasteiger partial charge in [-0.15, -0.1) is 0 Å². The van der Waals surface area contributed by atoms with Crippen LogP contribution in [0.2, 0.25) is 5.02 Å². The molecule has 3 aromatic rings. The maximum atomic E-state index is 14.4. The van der Waals surface area contributed by atoms with E-state index in [-0.39, 0.29) is 34.2 Å². The highest BCUT2D eigenvalue weighted by atomic mass is 35.5. The summed E-state index contributed by atoms with van der Waals surface area (Å²) in [6, 6.07) is 8.38. The van der Waals surface area contributed by atoms with Gasteiger partial charge in [0, 0.05) is 11.6 Å². The number of benzene rings is 2. The van der Waals surface area contributed by atoms with E-state index in [1.54, 1.807) is 18.2 Å². The van der Waals surface area contributed by atoms with Crippen molar-refractivity contribution >= 4 is 34.8 Å². The van der Waals surface area contributed by atoms with E-state index in [1.165, 1.54) is 16.9 Å². The first-order valence-electron chi connectivity index (χ1n) is 8.84. The van der Waals surface area contributed by atoms with Gasteiger partial charge in [-0.05, 0) is 44.2 Å². The van der Waals surface area contributed by atoms with E-state index in [0.717, 1.165) is 12.1 Å². The van der Waals surface area contributed by atoms with Crippen molar-refractivity contribution in [3.05, 3.63) is 70.4 Å². The third-order valence-electron chi connectivity index (χ3n) is 4.28. The molecule has 9 heteroatoms. The maximum absolute atomic E-state index is 14.4. The lowest BCUT2D eigenvalue weighted by Gasteiger charge is -2.14. The molecular formula is C20H16ClF2N5O. The Morgan fingerprint density at radius 2 is 1.93 bits per heavy atom. The Labute approximate surface area is 170 Å². The zero-order valence-corrected chi connectivity index (χ0v) is 16.3. The van der Waals surface area contributed by atoms with Crippen LogP contribution in [0.1, 0.15) is 29.8 Å². The van der Waals surface area contributed by atoms with Crippen molar-refractivity contribution in [3.8, 4) is 5.69 Å². The zero-order valence-electron chi connectivity index (χ0n) is 15.5. The molecule has 1 amide bonds. The van der Waals surface area contributed by atoms with Gasteiger partial charge in [-0.25, -0.2) is 18.5 Å². The first-order chi connectivity index (χ1) is 13.8. The van der Waals surface area contributed by atoms with Crippen LogP contribution < -0.4 is 10.6 Å². The summed E-state index contributed by atoms with van der Waals surface area (Å²) in [7, 11) is 0. The minimum Gasteiger partial charge on any atom is -0.350 e. The average Bonchev–Trinajstić information content (AvgIpc) is 2.93. The van der Waals surface area contributed by atoms with E-state index in [1.807, 2.05) is 13.8 Å². The Morgan fingerprint density at radius 1 is 1.21 bits per heavy atom. The molecule has 4 rings (SSSR count). The van der Waals surface area contributed by atoms with Crippen LogP contribution in [0.5, 0.6) is 0 Å². The van der Waals surface area contributed by atoms with Gasteiger partial charge in [-0.1, -0.05) is 17.7 Å². The van der Waals surface area contributed by atoms with Gasteiger partial charge in [0.15, 0.2) is 5.82 Å². The van der Waals surface area contributed by atoms with Gasteiger partial charge in [0.25, 0.3) is 5.91 Å². The summed E-state index contributed by atoms with van der Waals surface area (Å²) >= 11 is 6.22. The number of nitrogens with one attached hydrogen (secondary N) is 2. The number of amides is 1. The lowest BCUT2D eigenvalue weighted by Crippen LogP contribution is -2.30. The number of hydrogen-bond acceptors (Lipinski definition) is 4. The molecule has 0 saturated carbocycles. The van der Waals surface area contributed by atoms with E-state index in [0.29, 0.717) is 16.9 Å². The zero-order chi connectivity index (χ0) is 20.7. The fourth-order valence-corrected chi connectivity index (χ4v) is 3.17. The topological polar surface area (TPSA) is 71.3 Å². The van der Waals surface area contributed by atoms with Crippen molar-refractivity contribution in [1.29, 1.82) is 0 Å². The molecule has 148 valence electrons. The standard InChI is InChI=1S/C20H16ClF2N5O/c1-10(2)25-20(29)11-6-7-15-16(8-11)28-19(12(21)9-24-28)27-18(26-15)17-13(22)4-3-5-14(17)23/h3-10H,1-2H3,(H,25,29)(H,26,27). The second kappa shape index (κ2) is 7.29. The summed E-state index contributed by atoms with van der Waals surface area (Å²) in [6.45, 7) is 3.72. The van der Waals surface area contributed by atoms with Crippen molar-refractivity contribution in [1.82, 2.24) is 15.1 Å². The highest BCUT2D eigenvalue weighted by Crippen LogP contribution is 2.35. The van der Waals surface area contributed by atoms with Crippen LogP contribution in [0.25, 0.3) is 5.69 Å². The van der Waals surface area contributed by atoms with Crippen molar-refractivity contribution in [2.45, 2.75) is 19.9 Å². The number of carbonyl (C=O) groups excluding carboxylic acids is 1. The van der Waals surface area contributed by atoms with E-state index in [4.69, 9.17) is 11.6 Å². The van der Waals surface area contributed by atoms with Gasteiger partial charge in [0.1, 0.15) is 22.5 Å². The molecule has 1 aliphatic rings. The van der Waals surface area contributed by atoms with Crippen molar-refractivity contribution in [2.24, 2.45) is 4.99 Å². The molecule has 1 aliphatic heterocycles. The molecule has 0 saturated heterocycles. The van der Waals surface area contributed by atoms with Gasteiger partial charge in [0.05, 0.1) is 23.1 Å². The first-order valence-corrected chi connectivity index (χ1v) is 9.22. The first kappa shape index (κ1) is 19.1. The SMILES string of the molecule is CC(C)NC(=O)c1ccc2c(c1)-n1ncc(Cl)c1N=C(c1c(F)cccc1F)N2. The highest BCUT2D eigenvalue weighted by molar-refractivity contribution is 6.33. The van der Waals surface area contributed by atoms with Gasteiger partial charge < -0.3 is 10.6 Å². The Balaban J connectivity index is 1.88. The number of carbonyl (C=O) groups is 1. The molecule has 0 fully saturated rings. The number of rotatable bonds is 3. The smallest absolute Gasteiger partial charge is 0.251 e. The number of aromatic nitrogens is 2. The van der Waals surface area contributed by atoms with Gasteiger partial charge in [-0.3, -0.25) is 4.79 Å². The van der Waals surface area contributed by atoms with Crippen LogP contribution in [0.3, 0.4) is 0 Å². The van der Waals surface area contributed by atoms with Crippen molar-refractivity contribution in [2.75, 3.05) is 5.32 Å². The Kier molecular flexibility index (Phi) is 4.79. The molecule has 0 radical (unpaired) electrons. The normalized spacial score (nSPS) is 12.6. The van der Waals surface area contributed by atoms with Crippen LogP contribution in [0, 0.1) is 11.6 Å². The predicted molar refractivity (Wildman–Crippen MR) is 107 cm³/mol. The van der Waals surface area contributed by atoms with E-state index in [9.17, 15) is 13.6 Å². The van der Waals surface area contributed by atoms with E-state index in [2.05, 4.69) is 20.7 Å². The fraction of sp³-hybridized carbons (Fsp3) is 0.150. The fourth-order valence-electron chi connectivity index (χ4n) is 3.00. The van der Waals surface area contributed by atoms with Gasteiger partial charge in [0.2, 0.25) is 0 Å². The van der Waals surface area contributed by atoms with E-state index >= 15 is 0 Å². The summed E-state index contributed by atoms with van der Waals surface area (Å²) < 4.78 is 30.2. The Bertz CT molecular complexity index is 1140. The number of aliphatic imine (C=N–C) groups is 1. The number of hydrogen-bond donors (Lipinski definition) is 2. The summed E-state index contributed by atoms with van der Waals surface area (Å²) in [5.41, 5.74) is 1.02. The monoisotopic (exact) mass is 415 g/mol. The third-order valence-corrected chi connectivity index (χ3v) is 4.55. The van der Waals surface area contributed by atoms with Crippen molar-refractivity contribution < 1.29 is 13.6 Å². The van der Waals surface area contributed by atoms with Crippen LogP contribution in [-0.4, -0.2) is 27.6 Å². The van der Waals surface area contributed by atoms with Crippen LogP contribution in [0.15, 0.2) is 47.6 Å². The molecule has 2 aromatic carbocycles. The maximum Gasteiger partial charge on any atom is 0.251 e. The third kappa shape index (κ3) is 3.47. The molecule has 0 spiro atoms. The Morgan fingerprint density at radius 3 is 2.62 bits per heavy atom. The van der Waals surface area contributed by atoms with Crippen LogP contribution >= 0.6 is 11.6 Å². The lowest BCUT2D eigenvalue weighted by molar-refractivity contribution is 0.0943. The number of fused-ring (bicyclic) bond motifs is 3. The Hall–Kier alpha value is -3.26. The molecule has 29 heavy (non-hydrogen) atoms. The summed E-state index contributed by atoms with van der Waals surface area (Å²) in [4.78, 5) is 16.7. The minimum absolute atomic E-state index is 0.0342. The summed E-state index contributed by atoms with van der Waals surface area (Å²) in [6.07, 6.45) is 1.38. The van der Waals surface area contributed by atoms with Crippen molar-refractivity contribution in [3.63, 3.8) is 0 Å². The molecular weight excluding hydrogens is 400 g/mol. The quantitative estimate of drug-likeness (QED) is 0.664. The number of halogens is 3.